The molecule has 1 amide bonds. The minimum absolute atomic E-state index is 0.108. The van der Waals surface area contributed by atoms with Gasteiger partial charge in [0.05, 0.1) is 11.5 Å². The number of nitrogens with zero attached hydrogens (tertiary/aromatic N) is 3. The summed E-state index contributed by atoms with van der Waals surface area (Å²) in [6.45, 7) is 7.09. The zero-order valence-corrected chi connectivity index (χ0v) is 14.3. The number of ether oxygens (including phenoxy) is 1. The summed E-state index contributed by atoms with van der Waals surface area (Å²) < 4.78 is 5.15. The zero-order valence-electron chi connectivity index (χ0n) is 13.5. The molecule has 0 aliphatic heterocycles. The molecule has 3 rings (SSSR count). The summed E-state index contributed by atoms with van der Waals surface area (Å²) in [7, 11) is 1.67. The van der Waals surface area contributed by atoms with Gasteiger partial charge in [-0.25, -0.2) is 9.97 Å². The Labute approximate surface area is 134 Å². The molecular weight excluding hydrogens is 298 g/mol. The molecular formula is C16H21N3O2S. The molecule has 22 heavy (non-hydrogen) atoms. The molecule has 0 atom stereocenters. The van der Waals surface area contributed by atoms with Crippen LogP contribution in [0.2, 0.25) is 0 Å². The van der Waals surface area contributed by atoms with Crippen LogP contribution in [0.15, 0.2) is 0 Å². The Morgan fingerprint density at radius 1 is 1.32 bits per heavy atom. The van der Waals surface area contributed by atoms with Gasteiger partial charge in [0.25, 0.3) is 5.91 Å². The van der Waals surface area contributed by atoms with E-state index < -0.39 is 0 Å². The zero-order chi connectivity index (χ0) is 15.9. The normalized spacial score (nSPS) is 14.5. The van der Waals surface area contributed by atoms with Gasteiger partial charge in [-0.2, -0.15) is 0 Å². The Morgan fingerprint density at radius 2 is 2.05 bits per heavy atom. The quantitative estimate of drug-likeness (QED) is 0.850. The molecule has 1 saturated carbocycles. The first kappa shape index (κ1) is 15.4. The predicted octanol–water partition coefficient (Wildman–Crippen LogP) is 2.87. The second-order valence-corrected chi connectivity index (χ2v) is 6.81. The van der Waals surface area contributed by atoms with Crippen molar-refractivity contribution < 1.29 is 9.53 Å². The number of rotatable bonds is 5. The van der Waals surface area contributed by atoms with Gasteiger partial charge in [-0.1, -0.05) is 0 Å². The first-order valence-corrected chi connectivity index (χ1v) is 8.38. The molecule has 2 aromatic rings. The molecule has 0 unspecified atom stereocenters. The van der Waals surface area contributed by atoms with E-state index in [0.717, 1.165) is 45.0 Å². The van der Waals surface area contributed by atoms with Crippen molar-refractivity contribution in [3.63, 3.8) is 0 Å². The number of carbonyl (C=O) groups excluding carboxylic acids is 1. The highest BCUT2D eigenvalue weighted by Crippen LogP contribution is 2.35. The average molecular weight is 319 g/mol. The number of hydrogen-bond donors (Lipinski definition) is 0. The monoisotopic (exact) mass is 319 g/mol. The van der Waals surface area contributed by atoms with E-state index in [4.69, 9.17) is 4.74 Å². The van der Waals surface area contributed by atoms with E-state index in [0.29, 0.717) is 19.2 Å². The van der Waals surface area contributed by atoms with Crippen molar-refractivity contribution in [2.75, 3.05) is 20.3 Å². The third-order valence-corrected chi connectivity index (χ3v) is 5.24. The van der Waals surface area contributed by atoms with Crippen LogP contribution in [0.3, 0.4) is 0 Å². The van der Waals surface area contributed by atoms with Gasteiger partial charge < -0.3 is 9.64 Å². The molecule has 0 aromatic carbocycles. The summed E-state index contributed by atoms with van der Waals surface area (Å²) in [4.78, 5) is 25.5. The number of methoxy groups -OCH3 is 1. The van der Waals surface area contributed by atoms with Crippen molar-refractivity contribution >= 4 is 27.5 Å². The predicted molar refractivity (Wildman–Crippen MR) is 87.6 cm³/mol. The second kappa shape index (κ2) is 5.93. The summed E-state index contributed by atoms with van der Waals surface area (Å²) in [5, 5.41) is 1.03. The minimum Gasteiger partial charge on any atom is -0.383 e. The Morgan fingerprint density at radius 3 is 2.68 bits per heavy atom. The minimum atomic E-state index is 0.108. The number of aromatic nitrogens is 2. The fourth-order valence-corrected chi connectivity index (χ4v) is 4.07. The lowest BCUT2D eigenvalue weighted by Crippen LogP contribution is -2.35. The number of aryl methyl sites for hydroxylation is 3. The van der Waals surface area contributed by atoms with Gasteiger partial charge >= 0.3 is 0 Å². The highest BCUT2D eigenvalue weighted by molar-refractivity contribution is 7.20. The molecule has 5 nitrogen and oxygen atoms in total. The molecule has 0 radical (unpaired) electrons. The molecule has 0 saturated heterocycles. The van der Waals surface area contributed by atoms with E-state index >= 15 is 0 Å². The molecule has 1 aliphatic carbocycles. The summed E-state index contributed by atoms with van der Waals surface area (Å²) in [5.41, 5.74) is 1.95. The van der Waals surface area contributed by atoms with Crippen LogP contribution in [0.5, 0.6) is 0 Å². The number of fused-ring (bicyclic) bond motifs is 1. The fraction of sp³-hybridized carbons (Fsp3) is 0.562. The van der Waals surface area contributed by atoms with Crippen molar-refractivity contribution in [1.29, 1.82) is 0 Å². The molecule has 1 fully saturated rings. The molecule has 118 valence electrons. The lowest BCUT2D eigenvalue weighted by molar-refractivity contribution is 0.0684. The van der Waals surface area contributed by atoms with Gasteiger partial charge in [0.1, 0.15) is 10.7 Å². The molecule has 0 bridgehead atoms. The van der Waals surface area contributed by atoms with E-state index in [1.165, 1.54) is 11.3 Å². The Balaban J connectivity index is 1.99. The van der Waals surface area contributed by atoms with E-state index in [1.807, 2.05) is 25.7 Å². The van der Waals surface area contributed by atoms with E-state index in [-0.39, 0.29) is 5.91 Å². The number of hydrogen-bond acceptors (Lipinski definition) is 5. The SMILES string of the molecule is COCCN(C(=O)c1sc2nc(C)nc(C)c2c1C)C1CC1. The van der Waals surface area contributed by atoms with Crippen LogP contribution in [0.25, 0.3) is 10.2 Å². The Kier molecular flexibility index (Phi) is 4.14. The maximum Gasteiger partial charge on any atom is 0.264 e. The molecule has 2 heterocycles. The Bertz CT molecular complexity index is 722. The van der Waals surface area contributed by atoms with Crippen molar-refractivity contribution in [2.45, 2.75) is 39.7 Å². The second-order valence-electron chi connectivity index (χ2n) is 5.82. The molecule has 2 aromatic heterocycles. The topological polar surface area (TPSA) is 55.3 Å². The van der Waals surface area contributed by atoms with Gasteiger partial charge in [0.2, 0.25) is 0 Å². The first-order valence-electron chi connectivity index (χ1n) is 7.57. The van der Waals surface area contributed by atoms with Crippen LogP contribution in [0, 0.1) is 20.8 Å². The Hall–Kier alpha value is -1.53. The van der Waals surface area contributed by atoms with Crippen LogP contribution in [0.1, 0.15) is 39.6 Å². The fourth-order valence-electron chi connectivity index (χ4n) is 2.83. The maximum absolute atomic E-state index is 13.0. The number of carbonyl (C=O) groups is 1. The van der Waals surface area contributed by atoms with E-state index in [1.54, 1.807) is 7.11 Å². The number of amides is 1. The standard InChI is InChI=1S/C16H21N3O2S/c1-9-13-10(2)17-11(3)18-15(13)22-14(9)16(20)19(7-8-21-4)12-5-6-12/h12H,5-8H2,1-4H3. The first-order chi connectivity index (χ1) is 10.5. The third-order valence-electron chi connectivity index (χ3n) is 4.06. The summed E-state index contributed by atoms with van der Waals surface area (Å²) in [6, 6.07) is 0.376. The van der Waals surface area contributed by atoms with Crippen LogP contribution >= 0.6 is 11.3 Å². The highest BCUT2D eigenvalue weighted by atomic mass is 32.1. The van der Waals surface area contributed by atoms with Gasteiger partial charge in [0, 0.05) is 30.8 Å². The van der Waals surface area contributed by atoms with Crippen LogP contribution in [-0.2, 0) is 4.74 Å². The van der Waals surface area contributed by atoms with E-state index in [9.17, 15) is 4.79 Å². The molecule has 0 N–H and O–H groups in total. The number of thiophene rings is 1. The highest BCUT2D eigenvalue weighted by Gasteiger charge is 2.34. The largest absolute Gasteiger partial charge is 0.383 e. The third kappa shape index (κ3) is 2.73. The van der Waals surface area contributed by atoms with Gasteiger partial charge in [-0.05, 0) is 39.2 Å². The van der Waals surface area contributed by atoms with Crippen molar-refractivity contribution in [1.82, 2.24) is 14.9 Å². The van der Waals surface area contributed by atoms with Crippen molar-refractivity contribution in [2.24, 2.45) is 0 Å². The average Bonchev–Trinajstić information content (AvgIpc) is 3.23. The summed E-state index contributed by atoms with van der Waals surface area (Å²) in [5.74, 6) is 0.862. The van der Waals surface area contributed by atoms with Crippen LogP contribution in [0.4, 0.5) is 0 Å². The maximum atomic E-state index is 13.0. The lowest BCUT2D eigenvalue weighted by atomic mass is 10.1. The molecule has 0 spiro atoms. The molecule has 1 aliphatic rings. The lowest BCUT2D eigenvalue weighted by Gasteiger charge is -2.21. The summed E-state index contributed by atoms with van der Waals surface area (Å²) in [6.07, 6.45) is 2.19. The van der Waals surface area contributed by atoms with Crippen LogP contribution < -0.4 is 0 Å². The summed E-state index contributed by atoms with van der Waals surface area (Å²) >= 11 is 1.48. The van der Waals surface area contributed by atoms with Gasteiger partial charge in [0.15, 0.2) is 0 Å². The van der Waals surface area contributed by atoms with Crippen molar-refractivity contribution in [3.05, 3.63) is 22.0 Å². The van der Waals surface area contributed by atoms with Gasteiger partial charge in [-0.15, -0.1) is 11.3 Å². The smallest absolute Gasteiger partial charge is 0.264 e. The molecule has 6 heteroatoms. The van der Waals surface area contributed by atoms with Gasteiger partial charge in [-0.3, -0.25) is 4.79 Å². The van der Waals surface area contributed by atoms with Crippen molar-refractivity contribution in [3.8, 4) is 0 Å². The van der Waals surface area contributed by atoms with E-state index in [2.05, 4.69) is 9.97 Å². The van der Waals surface area contributed by atoms with Crippen LogP contribution in [-0.4, -0.2) is 47.1 Å².